The van der Waals surface area contributed by atoms with Crippen molar-refractivity contribution in [1.29, 1.82) is 0 Å². The first-order valence-electron chi connectivity index (χ1n) is 6.06. The van der Waals surface area contributed by atoms with E-state index in [1.807, 2.05) is 25.9 Å². The van der Waals surface area contributed by atoms with E-state index in [4.69, 9.17) is 0 Å². The highest BCUT2D eigenvalue weighted by Gasteiger charge is 2.15. The van der Waals surface area contributed by atoms with Crippen LogP contribution >= 0.6 is 11.3 Å². The van der Waals surface area contributed by atoms with Crippen LogP contribution in [0.3, 0.4) is 0 Å². The monoisotopic (exact) mass is 271 g/mol. The van der Waals surface area contributed by atoms with E-state index >= 15 is 0 Å². The lowest BCUT2D eigenvalue weighted by Crippen LogP contribution is -2.39. The molecule has 1 unspecified atom stereocenters. The normalized spacial score (nSPS) is 12.5. The van der Waals surface area contributed by atoms with Crippen LogP contribution in [0.4, 0.5) is 5.13 Å². The second kappa shape index (κ2) is 7.27. The second-order valence-corrected chi connectivity index (χ2v) is 5.45. The molecular formula is C11H21N5OS. The summed E-state index contributed by atoms with van der Waals surface area (Å²) in [7, 11) is 3.95. The minimum absolute atomic E-state index is 0.0865. The predicted molar refractivity (Wildman–Crippen MR) is 74.2 cm³/mol. The zero-order chi connectivity index (χ0) is 13.5. The third-order valence-electron chi connectivity index (χ3n) is 2.16. The van der Waals surface area contributed by atoms with Crippen molar-refractivity contribution in [1.82, 2.24) is 20.4 Å². The number of amides is 1. The van der Waals surface area contributed by atoms with Crippen molar-refractivity contribution in [2.24, 2.45) is 0 Å². The van der Waals surface area contributed by atoms with Gasteiger partial charge in [0.25, 0.3) is 5.91 Å². The Morgan fingerprint density at radius 3 is 2.78 bits per heavy atom. The van der Waals surface area contributed by atoms with Crippen LogP contribution < -0.4 is 10.6 Å². The number of anilines is 1. The van der Waals surface area contributed by atoms with Crippen LogP contribution in [0.2, 0.25) is 0 Å². The third-order valence-corrected chi connectivity index (χ3v) is 3.04. The number of hydrogen-bond acceptors (Lipinski definition) is 6. The fourth-order valence-corrected chi connectivity index (χ4v) is 2.17. The summed E-state index contributed by atoms with van der Waals surface area (Å²) in [5.41, 5.74) is 0. The summed E-state index contributed by atoms with van der Waals surface area (Å²) in [4.78, 5) is 13.9. The van der Waals surface area contributed by atoms with E-state index in [1.54, 1.807) is 0 Å². The molecule has 1 amide bonds. The lowest BCUT2D eigenvalue weighted by atomic mass is 10.3. The average molecular weight is 271 g/mol. The number of nitrogens with one attached hydrogen (secondary N) is 2. The molecule has 6 nitrogen and oxygen atoms in total. The molecule has 7 heteroatoms. The molecule has 0 aliphatic carbocycles. The molecule has 1 rings (SSSR count). The number of hydrogen-bond donors (Lipinski definition) is 2. The first-order valence-corrected chi connectivity index (χ1v) is 6.87. The summed E-state index contributed by atoms with van der Waals surface area (Å²) < 4.78 is 0. The summed E-state index contributed by atoms with van der Waals surface area (Å²) in [6.07, 6.45) is 1.01. The lowest BCUT2D eigenvalue weighted by molar-refractivity contribution is 0.0933. The van der Waals surface area contributed by atoms with Crippen LogP contribution in [0.1, 0.15) is 30.1 Å². The lowest BCUT2D eigenvalue weighted by Gasteiger charge is -2.17. The van der Waals surface area contributed by atoms with E-state index < -0.39 is 0 Å². The van der Waals surface area contributed by atoms with Gasteiger partial charge in [0.1, 0.15) is 0 Å². The number of carbonyl (C=O) groups excluding carboxylic acids is 1. The molecule has 0 spiro atoms. The minimum Gasteiger partial charge on any atom is -0.360 e. The van der Waals surface area contributed by atoms with Crippen molar-refractivity contribution in [3.63, 3.8) is 0 Å². The van der Waals surface area contributed by atoms with E-state index in [2.05, 4.69) is 27.8 Å². The van der Waals surface area contributed by atoms with Crippen molar-refractivity contribution >= 4 is 22.4 Å². The third kappa shape index (κ3) is 4.97. The van der Waals surface area contributed by atoms with Crippen molar-refractivity contribution in [3.05, 3.63) is 5.01 Å². The summed E-state index contributed by atoms with van der Waals surface area (Å²) in [5, 5.41) is 14.9. The topological polar surface area (TPSA) is 70.1 Å². The minimum atomic E-state index is -0.161. The number of nitrogens with zero attached hydrogens (tertiary/aromatic N) is 3. The molecule has 1 aromatic rings. The number of rotatable bonds is 7. The fraction of sp³-hybridized carbons (Fsp3) is 0.727. The summed E-state index contributed by atoms with van der Waals surface area (Å²) in [6, 6.07) is 0.0865. The van der Waals surface area contributed by atoms with Gasteiger partial charge in [0.15, 0.2) is 0 Å². The van der Waals surface area contributed by atoms with E-state index in [0.717, 1.165) is 19.5 Å². The van der Waals surface area contributed by atoms with E-state index in [-0.39, 0.29) is 11.9 Å². The molecular weight excluding hydrogens is 250 g/mol. The van der Waals surface area contributed by atoms with Gasteiger partial charge in [0, 0.05) is 19.1 Å². The first-order chi connectivity index (χ1) is 8.52. The molecule has 102 valence electrons. The molecule has 1 heterocycles. The Morgan fingerprint density at radius 2 is 2.17 bits per heavy atom. The molecule has 0 bridgehead atoms. The molecule has 0 fully saturated rings. The maximum atomic E-state index is 11.9. The Bertz CT molecular complexity index is 379. The Hall–Kier alpha value is -1.21. The Balaban J connectivity index is 2.48. The molecule has 0 aliphatic rings. The van der Waals surface area contributed by atoms with E-state index in [9.17, 15) is 4.79 Å². The number of aromatic nitrogens is 2. The Kier molecular flexibility index (Phi) is 6.00. The van der Waals surface area contributed by atoms with E-state index in [1.165, 1.54) is 11.3 Å². The van der Waals surface area contributed by atoms with Gasteiger partial charge in [0.05, 0.1) is 0 Å². The van der Waals surface area contributed by atoms with Crippen LogP contribution in [0, 0.1) is 0 Å². The molecule has 2 N–H and O–H groups in total. The Morgan fingerprint density at radius 1 is 1.44 bits per heavy atom. The van der Waals surface area contributed by atoms with Crippen molar-refractivity contribution in [2.75, 3.05) is 32.5 Å². The van der Waals surface area contributed by atoms with Crippen LogP contribution in [-0.2, 0) is 0 Å². The van der Waals surface area contributed by atoms with E-state index in [0.29, 0.717) is 10.1 Å². The molecule has 0 aliphatic heterocycles. The molecule has 1 atom stereocenters. The first kappa shape index (κ1) is 14.8. The summed E-state index contributed by atoms with van der Waals surface area (Å²) in [6.45, 7) is 5.68. The Labute approximate surface area is 112 Å². The van der Waals surface area contributed by atoms with Crippen LogP contribution in [0.25, 0.3) is 0 Å². The van der Waals surface area contributed by atoms with Crippen molar-refractivity contribution < 1.29 is 4.79 Å². The van der Waals surface area contributed by atoms with Crippen molar-refractivity contribution in [2.45, 2.75) is 26.3 Å². The van der Waals surface area contributed by atoms with Gasteiger partial charge in [-0.3, -0.25) is 4.79 Å². The van der Waals surface area contributed by atoms with Gasteiger partial charge < -0.3 is 15.5 Å². The van der Waals surface area contributed by atoms with Gasteiger partial charge in [-0.25, -0.2) is 0 Å². The highest BCUT2D eigenvalue weighted by molar-refractivity contribution is 7.17. The van der Waals surface area contributed by atoms with Crippen LogP contribution in [-0.4, -0.2) is 54.2 Å². The number of carbonyl (C=O) groups is 1. The molecule has 0 saturated carbocycles. The fourth-order valence-electron chi connectivity index (χ4n) is 1.50. The van der Waals surface area contributed by atoms with Gasteiger partial charge in [-0.15, -0.1) is 10.2 Å². The van der Waals surface area contributed by atoms with Gasteiger partial charge in [0.2, 0.25) is 10.1 Å². The zero-order valence-electron chi connectivity index (χ0n) is 11.4. The molecule has 0 saturated heterocycles. The van der Waals surface area contributed by atoms with Crippen LogP contribution in [0.5, 0.6) is 0 Å². The number of likely N-dealkylation sites (N-methyl/N-ethyl adjacent to an activating group) is 1. The van der Waals surface area contributed by atoms with Gasteiger partial charge in [-0.05, 0) is 27.4 Å². The largest absolute Gasteiger partial charge is 0.360 e. The van der Waals surface area contributed by atoms with Gasteiger partial charge in [-0.1, -0.05) is 18.3 Å². The average Bonchev–Trinajstić information content (AvgIpc) is 2.73. The quantitative estimate of drug-likeness (QED) is 0.775. The molecule has 0 radical (unpaired) electrons. The highest BCUT2D eigenvalue weighted by Crippen LogP contribution is 2.14. The van der Waals surface area contributed by atoms with Crippen LogP contribution in [0.15, 0.2) is 0 Å². The summed E-state index contributed by atoms with van der Waals surface area (Å²) >= 11 is 1.28. The zero-order valence-corrected chi connectivity index (χ0v) is 12.2. The summed E-state index contributed by atoms with van der Waals surface area (Å²) in [5.74, 6) is -0.161. The highest BCUT2D eigenvalue weighted by atomic mass is 32.1. The maximum absolute atomic E-state index is 11.9. The van der Waals surface area contributed by atoms with Crippen molar-refractivity contribution in [3.8, 4) is 0 Å². The maximum Gasteiger partial charge on any atom is 0.282 e. The molecule has 18 heavy (non-hydrogen) atoms. The standard InChI is InChI=1S/C11H21N5OS/c1-5-6-12-11-15-14-10(18-11)9(17)13-8(2)7-16(3)4/h8H,5-7H2,1-4H3,(H,12,15)(H,13,17). The predicted octanol–water partition coefficient (Wildman–Crippen LogP) is 1.04. The molecule has 1 aromatic heterocycles. The van der Waals surface area contributed by atoms with Gasteiger partial charge >= 0.3 is 0 Å². The SMILES string of the molecule is CCCNc1nnc(C(=O)NC(C)CN(C)C)s1. The molecule has 0 aromatic carbocycles. The second-order valence-electron chi connectivity index (χ2n) is 4.48. The smallest absolute Gasteiger partial charge is 0.282 e. The van der Waals surface area contributed by atoms with Gasteiger partial charge in [-0.2, -0.15) is 0 Å².